The second kappa shape index (κ2) is 8.62. The molecule has 1 N–H and O–H groups in total. The number of amides is 3. The Hall–Kier alpha value is -2.96. The van der Waals surface area contributed by atoms with Crippen LogP contribution in [0.3, 0.4) is 0 Å². The van der Waals surface area contributed by atoms with Crippen LogP contribution in [0.5, 0.6) is 0 Å². The molecule has 1 aliphatic heterocycles. The fraction of sp³-hybridized carbons (Fsp3) is 0.400. The maximum Gasteiger partial charge on any atom is 0.326 e. The summed E-state index contributed by atoms with van der Waals surface area (Å²) in [7, 11) is 0. The zero-order valence-electron chi connectivity index (χ0n) is 14.9. The molecule has 2 atom stereocenters. The second-order valence-corrected chi connectivity index (χ2v) is 6.66. The summed E-state index contributed by atoms with van der Waals surface area (Å²) in [6.45, 7) is -0.444. The van der Waals surface area contributed by atoms with E-state index in [2.05, 4.69) is 5.32 Å². The highest BCUT2D eigenvalue weighted by molar-refractivity contribution is 6.07. The fourth-order valence-electron chi connectivity index (χ4n) is 3.39. The predicted octanol–water partition coefficient (Wildman–Crippen LogP) is 0.840. The van der Waals surface area contributed by atoms with Crippen LogP contribution >= 0.6 is 0 Å². The lowest BCUT2D eigenvalue weighted by Crippen LogP contribution is -2.38. The Morgan fingerprint density at radius 1 is 1.04 bits per heavy atom. The van der Waals surface area contributed by atoms with Crippen molar-refractivity contribution >= 4 is 23.7 Å². The van der Waals surface area contributed by atoms with Crippen LogP contribution in [0, 0.1) is 11.8 Å². The summed E-state index contributed by atoms with van der Waals surface area (Å²) in [5, 5.41) is 2.67. The van der Waals surface area contributed by atoms with E-state index in [0.717, 1.165) is 10.5 Å². The highest BCUT2D eigenvalue weighted by Gasteiger charge is 2.47. The first-order valence-electron chi connectivity index (χ1n) is 9.02. The zero-order chi connectivity index (χ0) is 19.2. The van der Waals surface area contributed by atoms with Crippen molar-refractivity contribution in [2.24, 2.45) is 11.8 Å². The van der Waals surface area contributed by atoms with Gasteiger partial charge in [-0.05, 0) is 24.8 Å². The third-order valence-electron chi connectivity index (χ3n) is 4.83. The Kier molecular flexibility index (Phi) is 6.01. The van der Waals surface area contributed by atoms with Crippen molar-refractivity contribution in [3.05, 3.63) is 48.0 Å². The summed E-state index contributed by atoms with van der Waals surface area (Å²) >= 11 is 0. The summed E-state index contributed by atoms with van der Waals surface area (Å²) < 4.78 is 4.91. The number of likely N-dealkylation sites (tertiary alicyclic amines) is 1. The van der Waals surface area contributed by atoms with Gasteiger partial charge < -0.3 is 10.1 Å². The van der Waals surface area contributed by atoms with E-state index >= 15 is 0 Å². The fourth-order valence-corrected chi connectivity index (χ4v) is 3.39. The summed E-state index contributed by atoms with van der Waals surface area (Å²) in [5.41, 5.74) is 1.09. The van der Waals surface area contributed by atoms with Gasteiger partial charge in [0.2, 0.25) is 11.8 Å². The van der Waals surface area contributed by atoms with Gasteiger partial charge >= 0.3 is 5.97 Å². The van der Waals surface area contributed by atoms with Crippen LogP contribution in [0.2, 0.25) is 0 Å². The molecule has 7 heteroatoms. The first-order valence-corrected chi connectivity index (χ1v) is 9.02. The number of hydrogen-bond donors (Lipinski definition) is 1. The molecule has 2 aliphatic rings. The number of nitrogens with one attached hydrogen (secondary N) is 1. The minimum Gasteiger partial charge on any atom is -0.454 e. The van der Waals surface area contributed by atoms with E-state index in [4.69, 9.17) is 4.74 Å². The molecule has 3 rings (SSSR count). The molecule has 1 aromatic carbocycles. The van der Waals surface area contributed by atoms with Crippen LogP contribution in [0.15, 0.2) is 42.5 Å². The van der Waals surface area contributed by atoms with E-state index in [1.807, 2.05) is 42.5 Å². The minimum absolute atomic E-state index is 0.335. The van der Waals surface area contributed by atoms with Gasteiger partial charge in [-0.15, -0.1) is 0 Å². The normalized spacial score (nSPS) is 21.1. The zero-order valence-corrected chi connectivity index (χ0v) is 14.9. The summed E-state index contributed by atoms with van der Waals surface area (Å²) in [5.74, 6) is -2.61. The number of hydrogen-bond acceptors (Lipinski definition) is 5. The Morgan fingerprint density at radius 2 is 1.67 bits per heavy atom. The second-order valence-electron chi connectivity index (χ2n) is 6.66. The van der Waals surface area contributed by atoms with Gasteiger partial charge in [0.15, 0.2) is 6.61 Å². The number of esters is 1. The van der Waals surface area contributed by atoms with Gasteiger partial charge in [-0.1, -0.05) is 42.5 Å². The first-order chi connectivity index (χ1) is 13.1. The maximum absolute atomic E-state index is 12.3. The number of allylic oxidation sites excluding steroid dienone is 2. The molecule has 1 saturated heterocycles. The van der Waals surface area contributed by atoms with Crippen molar-refractivity contribution in [1.82, 2.24) is 10.2 Å². The summed E-state index contributed by atoms with van der Waals surface area (Å²) in [6.07, 6.45) is 5.48. The van der Waals surface area contributed by atoms with E-state index in [0.29, 0.717) is 25.8 Å². The van der Waals surface area contributed by atoms with Gasteiger partial charge in [0.1, 0.15) is 6.54 Å². The minimum atomic E-state index is -0.762. The molecule has 0 radical (unpaired) electrons. The van der Waals surface area contributed by atoms with E-state index in [-0.39, 0.29) is 23.7 Å². The molecular weight excluding hydrogens is 348 g/mol. The van der Waals surface area contributed by atoms with Crippen LogP contribution in [0.25, 0.3) is 0 Å². The van der Waals surface area contributed by atoms with Crippen LogP contribution in [0.4, 0.5) is 0 Å². The van der Waals surface area contributed by atoms with Gasteiger partial charge in [-0.25, -0.2) is 0 Å². The smallest absolute Gasteiger partial charge is 0.326 e. The number of imide groups is 1. The molecule has 3 amide bonds. The van der Waals surface area contributed by atoms with Crippen molar-refractivity contribution in [3.8, 4) is 0 Å². The standard InChI is InChI=1S/C20H22N2O5/c23-17(21-11-10-14-6-2-1-3-7-14)13-27-18(24)12-22-19(25)15-8-4-5-9-16(15)20(22)26/h1-7,15-16H,8-13H2,(H,21,23)/t15-,16-/m1/s1. The van der Waals surface area contributed by atoms with E-state index in [9.17, 15) is 19.2 Å². The average molecular weight is 370 g/mol. The van der Waals surface area contributed by atoms with Gasteiger partial charge in [0, 0.05) is 6.54 Å². The highest BCUT2D eigenvalue weighted by atomic mass is 16.5. The SMILES string of the molecule is O=C(COC(=O)CN1C(=O)[C@@H]2CC=CC[C@H]2C1=O)NCCc1ccccc1. The van der Waals surface area contributed by atoms with E-state index in [1.165, 1.54) is 0 Å². The van der Waals surface area contributed by atoms with Crippen LogP contribution in [-0.4, -0.2) is 48.3 Å². The molecule has 1 aromatic rings. The molecule has 0 bridgehead atoms. The predicted molar refractivity (Wildman–Crippen MR) is 96.2 cm³/mol. The van der Waals surface area contributed by atoms with Crippen molar-refractivity contribution in [1.29, 1.82) is 0 Å². The number of fused-ring (bicyclic) bond motifs is 1. The van der Waals surface area contributed by atoms with Crippen molar-refractivity contribution < 1.29 is 23.9 Å². The van der Waals surface area contributed by atoms with Crippen molar-refractivity contribution in [2.75, 3.05) is 19.7 Å². The molecule has 0 aromatic heterocycles. The lowest BCUT2D eigenvalue weighted by molar-refractivity contribution is -0.154. The molecule has 1 heterocycles. The average Bonchev–Trinajstić information content (AvgIpc) is 2.92. The topological polar surface area (TPSA) is 92.8 Å². The monoisotopic (exact) mass is 370 g/mol. The lowest BCUT2D eigenvalue weighted by Gasteiger charge is -2.14. The number of benzene rings is 1. The number of ether oxygens (including phenoxy) is 1. The summed E-state index contributed by atoms with van der Waals surface area (Å²) in [4.78, 5) is 49.2. The molecule has 0 spiro atoms. The Morgan fingerprint density at radius 3 is 2.30 bits per heavy atom. The van der Waals surface area contributed by atoms with E-state index < -0.39 is 25.0 Å². The third-order valence-corrected chi connectivity index (χ3v) is 4.83. The Bertz CT molecular complexity index is 733. The van der Waals surface area contributed by atoms with Crippen molar-refractivity contribution in [2.45, 2.75) is 19.3 Å². The summed E-state index contributed by atoms with van der Waals surface area (Å²) in [6, 6.07) is 9.69. The third kappa shape index (κ3) is 4.61. The van der Waals surface area contributed by atoms with Gasteiger partial charge in [0.05, 0.1) is 11.8 Å². The molecule has 1 aliphatic carbocycles. The van der Waals surface area contributed by atoms with Gasteiger partial charge in [-0.2, -0.15) is 0 Å². The van der Waals surface area contributed by atoms with Crippen LogP contribution in [-0.2, 0) is 30.3 Å². The molecule has 1 fully saturated rings. The lowest BCUT2D eigenvalue weighted by atomic mass is 9.85. The first kappa shape index (κ1) is 18.8. The number of rotatable bonds is 7. The van der Waals surface area contributed by atoms with Gasteiger partial charge in [-0.3, -0.25) is 24.1 Å². The van der Waals surface area contributed by atoms with Crippen LogP contribution in [0.1, 0.15) is 18.4 Å². The number of nitrogens with zero attached hydrogens (tertiary/aromatic N) is 1. The molecule has 27 heavy (non-hydrogen) atoms. The van der Waals surface area contributed by atoms with Crippen LogP contribution < -0.4 is 5.32 Å². The molecular formula is C20H22N2O5. The largest absolute Gasteiger partial charge is 0.454 e. The highest BCUT2D eigenvalue weighted by Crippen LogP contribution is 2.34. The number of carbonyl (C=O) groups is 4. The van der Waals surface area contributed by atoms with E-state index in [1.54, 1.807) is 0 Å². The quantitative estimate of drug-likeness (QED) is 0.436. The molecule has 0 saturated carbocycles. The Labute approximate surface area is 157 Å². The molecule has 0 unspecified atom stereocenters. The van der Waals surface area contributed by atoms with Gasteiger partial charge in [0.25, 0.3) is 5.91 Å². The number of carbonyl (C=O) groups excluding carboxylic acids is 4. The molecule has 7 nitrogen and oxygen atoms in total. The Balaban J connectivity index is 1.38. The van der Waals surface area contributed by atoms with Crippen molar-refractivity contribution in [3.63, 3.8) is 0 Å². The maximum atomic E-state index is 12.3. The molecule has 142 valence electrons.